The van der Waals surface area contributed by atoms with Gasteiger partial charge in [-0.1, -0.05) is 13.8 Å². The molecule has 4 nitrogen and oxygen atoms in total. The Balaban J connectivity index is 2.55. The summed E-state index contributed by atoms with van der Waals surface area (Å²) in [4.78, 5) is 17.9. The van der Waals surface area contributed by atoms with Gasteiger partial charge in [0.15, 0.2) is 0 Å². The molecule has 16 heavy (non-hydrogen) atoms. The van der Waals surface area contributed by atoms with Gasteiger partial charge in [0, 0.05) is 6.54 Å². The lowest BCUT2D eigenvalue weighted by Gasteiger charge is -2.13. The van der Waals surface area contributed by atoms with Gasteiger partial charge in [-0.3, -0.25) is 4.79 Å². The summed E-state index contributed by atoms with van der Waals surface area (Å²) >= 11 is 8.10. The highest BCUT2D eigenvalue weighted by atomic mass is 127. The van der Waals surface area contributed by atoms with Gasteiger partial charge in [-0.25, -0.2) is 4.98 Å². The first-order valence-corrected chi connectivity index (χ1v) is 6.63. The number of hydrogen-bond acceptors (Lipinski definition) is 3. The number of nitrogens with zero attached hydrogens (tertiary/aromatic N) is 1. The maximum atomic E-state index is 11.3. The minimum Gasteiger partial charge on any atom is -0.367 e. The van der Waals surface area contributed by atoms with Crippen molar-refractivity contribution in [2.75, 3.05) is 11.9 Å². The zero-order valence-electron chi connectivity index (χ0n) is 9.26. The molecule has 0 aliphatic heterocycles. The van der Waals surface area contributed by atoms with Crippen LogP contribution in [0.25, 0.3) is 0 Å². The van der Waals surface area contributed by atoms with E-state index in [-0.39, 0.29) is 10.9 Å². The molecule has 0 aliphatic carbocycles. The minimum absolute atomic E-state index is 0.0527. The Hall–Kier alpha value is -0.300. The summed E-state index contributed by atoms with van der Waals surface area (Å²) in [5.41, 5.74) is -0.131. The molecule has 1 aromatic heterocycles. The van der Waals surface area contributed by atoms with E-state index in [4.69, 9.17) is 11.6 Å². The topological polar surface area (TPSA) is 57.8 Å². The van der Waals surface area contributed by atoms with Gasteiger partial charge in [0.1, 0.15) is 9.39 Å². The number of halogens is 2. The van der Waals surface area contributed by atoms with Crippen LogP contribution in [0.15, 0.2) is 11.1 Å². The first-order chi connectivity index (χ1) is 7.50. The van der Waals surface area contributed by atoms with Crippen molar-refractivity contribution in [1.29, 1.82) is 0 Å². The van der Waals surface area contributed by atoms with Crippen molar-refractivity contribution in [2.24, 2.45) is 5.92 Å². The van der Waals surface area contributed by atoms with Crippen LogP contribution in [-0.4, -0.2) is 21.9 Å². The normalized spacial score (nSPS) is 12.8. The Morgan fingerprint density at radius 2 is 2.31 bits per heavy atom. The van der Waals surface area contributed by atoms with Gasteiger partial charge in [0.05, 0.1) is 11.7 Å². The van der Waals surface area contributed by atoms with E-state index in [9.17, 15) is 4.79 Å². The average Bonchev–Trinajstić information content (AvgIpc) is 2.19. The molecule has 0 radical (unpaired) electrons. The van der Waals surface area contributed by atoms with Gasteiger partial charge in [-0.15, -0.1) is 11.6 Å². The van der Waals surface area contributed by atoms with Gasteiger partial charge < -0.3 is 10.3 Å². The third kappa shape index (κ3) is 4.29. The highest BCUT2D eigenvalue weighted by Crippen LogP contribution is 2.13. The van der Waals surface area contributed by atoms with E-state index in [0.29, 0.717) is 21.9 Å². The molecule has 1 atom stereocenters. The fraction of sp³-hybridized carbons (Fsp3) is 0.600. The van der Waals surface area contributed by atoms with Crippen LogP contribution >= 0.6 is 34.2 Å². The molecular formula is C10H15ClIN3O. The Labute approximate surface area is 113 Å². The SMILES string of the molecule is CC(C)CC(Cl)CNc1nc[nH]c(=O)c1I. The maximum Gasteiger partial charge on any atom is 0.266 e. The molecule has 6 heteroatoms. The van der Waals surface area contributed by atoms with Crippen LogP contribution < -0.4 is 10.9 Å². The molecule has 1 aromatic rings. The first-order valence-electron chi connectivity index (χ1n) is 5.11. The number of rotatable bonds is 5. The Bertz CT molecular complexity index is 394. The van der Waals surface area contributed by atoms with Crippen LogP contribution in [0.2, 0.25) is 0 Å². The molecule has 1 heterocycles. The third-order valence-corrected chi connectivity index (χ3v) is 3.35. The van der Waals surface area contributed by atoms with Gasteiger partial charge in [-0.2, -0.15) is 0 Å². The number of aromatic amines is 1. The number of aromatic nitrogens is 2. The maximum absolute atomic E-state index is 11.3. The van der Waals surface area contributed by atoms with Crippen LogP contribution in [0.5, 0.6) is 0 Å². The Morgan fingerprint density at radius 1 is 1.62 bits per heavy atom. The summed E-state index contributed by atoms with van der Waals surface area (Å²) in [5.74, 6) is 1.16. The summed E-state index contributed by atoms with van der Waals surface area (Å²) in [6.07, 6.45) is 2.33. The van der Waals surface area contributed by atoms with Gasteiger partial charge >= 0.3 is 0 Å². The van der Waals surface area contributed by atoms with E-state index >= 15 is 0 Å². The number of H-pyrrole nitrogens is 1. The van der Waals surface area contributed by atoms with Crippen molar-refractivity contribution < 1.29 is 0 Å². The molecule has 0 aliphatic rings. The fourth-order valence-electron chi connectivity index (χ4n) is 1.31. The number of hydrogen-bond donors (Lipinski definition) is 2. The molecular weight excluding hydrogens is 340 g/mol. The van der Waals surface area contributed by atoms with Crippen LogP contribution in [0.3, 0.4) is 0 Å². The van der Waals surface area contributed by atoms with Crippen LogP contribution in [0.1, 0.15) is 20.3 Å². The van der Waals surface area contributed by atoms with Crippen molar-refractivity contribution in [3.8, 4) is 0 Å². The predicted octanol–water partition coefficient (Wildman–Crippen LogP) is 2.44. The van der Waals surface area contributed by atoms with Crippen molar-refractivity contribution in [2.45, 2.75) is 25.6 Å². The largest absolute Gasteiger partial charge is 0.367 e. The number of anilines is 1. The summed E-state index contributed by atoms with van der Waals surface area (Å²) in [6, 6.07) is 0. The molecule has 0 bridgehead atoms. The molecule has 1 rings (SSSR count). The lowest BCUT2D eigenvalue weighted by molar-refractivity contribution is 0.572. The van der Waals surface area contributed by atoms with E-state index in [1.165, 1.54) is 6.33 Å². The van der Waals surface area contributed by atoms with Crippen molar-refractivity contribution in [3.63, 3.8) is 0 Å². The highest BCUT2D eigenvalue weighted by Gasteiger charge is 2.09. The van der Waals surface area contributed by atoms with E-state index in [2.05, 4.69) is 29.1 Å². The zero-order chi connectivity index (χ0) is 12.1. The number of alkyl halides is 1. The van der Waals surface area contributed by atoms with Crippen LogP contribution in [0.4, 0.5) is 5.82 Å². The van der Waals surface area contributed by atoms with Crippen molar-refractivity contribution in [1.82, 2.24) is 9.97 Å². The van der Waals surface area contributed by atoms with E-state index in [1.807, 2.05) is 22.6 Å². The average molecular weight is 356 g/mol. The summed E-state index contributed by atoms with van der Waals surface area (Å²) in [5, 5.41) is 3.14. The van der Waals surface area contributed by atoms with Crippen molar-refractivity contribution >= 4 is 40.0 Å². The van der Waals surface area contributed by atoms with Gasteiger partial charge in [0.2, 0.25) is 0 Å². The number of nitrogens with one attached hydrogen (secondary N) is 2. The molecule has 90 valence electrons. The second-order valence-corrected chi connectivity index (χ2v) is 5.70. The molecule has 0 spiro atoms. The molecule has 2 N–H and O–H groups in total. The standard InChI is InChI=1S/C10H15ClIN3O/c1-6(2)3-7(11)4-13-9-8(12)10(16)15-5-14-9/h5-7H,3-4H2,1-2H3,(H2,13,14,15,16). The lowest BCUT2D eigenvalue weighted by atomic mass is 10.1. The molecule has 0 amide bonds. The molecule has 0 aromatic carbocycles. The lowest BCUT2D eigenvalue weighted by Crippen LogP contribution is -2.20. The van der Waals surface area contributed by atoms with Crippen LogP contribution in [0, 0.1) is 9.49 Å². The predicted molar refractivity (Wildman–Crippen MR) is 75.2 cm³/mol. The summed E-state index contributed by atoms with van der Waals surface area (Å²) < 4.78 is 0.563. The monoisotopic (exact) mass is 355 g/mol. The van der Waals surface area contributed by atoms with Crippen molar-refractivity contribution in [3.05, 3.63) is 20.3 Å². The Kier molecular flexibility index (Phi) is 5.54. The first kappa shape index (κ1) is 13.8. The van der Waals surface area contributed by atoms with E-state index in [0.717, 1.165) is 6.42 Å². The molecule has 0 saturated carbocycles. The smallest absolute Gasteiger partial charge is 0.266 e. The third-order valence-electron chi connectivity index (χ3n) is 2.01. The molecule has 1 unspecified atom stereocenters. The Morgan fingerprint density at radius 3 is 2.94 bits per heavy atom. The summed E-state index contributed by atoms with van der Waals surface area (Å²) in [7, 11) is 0. The van der Waals surface area contributed by atoms with Gasteiger partial charge in [-0.05, 0) is 34.9 Å². The zero-order valence-corrected chi connectivity index (χ0v) is 12.2. The summed E-state index contributed by atoms with van der Waals surface area (Å²) in [6.45, 7) is 4.88. The van der Waals surface area contributed by atoms with E-state index < -0.39 is 0 Å². The quantitative estimate of drug-likeness (QED) is 0.630. The molecule has 0 saturated heterocycles. The second kappa shape index (κ2) is 6.44. The van der Waals surface area contributed by atoms with E-state index in [1.54, 1.807) is 0 Å². The van der Waals surface area contributed by atoms with Gasteiger partial charge in [0.25, 0.3) is 5.56 Å². The minimum atomic E-state index is -0.131. The second-order valence-electron chi connectivity index (χ2n) is 4.00. The van der Waals surface area contributed by atoms with Crippen LogP contribution in [-0.2, 0) is 0 Å². The highest BCUT2D eigenvalue weighted by molar-refractivity contribution is 14.1. The fourth-order valence-corrected chi connectivity index (χ4v) is 2.23. The molecule has 0 fully saturated rings.